The number of non-ortho nitro benzene ring substituents is 1. The Bertz CT molecular complexity index is 1800. The van der Waals surface area contributed by atoms with Crippen LogP contribution in [0, 0.1) is 10.1 Å². The molecule has 0 saturated heterocycles. The molecule has 0 spiro atoms. The van der Waals surface area contributed by atoms with Gasteiger partial charge in [0.05, 0.1) is 27.9 Å². The lowest BCUT2D eigenvalue weighted by molar-refractivity contribution is -0.384. The van der Waals surface area contributed by atoms with Crippen molar-refractivity contribution < 1.29 is 13.3 Å². The molecule has 35 heavy (non-hydrogen) atoms. The lowest BCUT2D eigenvalue weighted by Crippen LogP contribution is -2.17. The van der Waals surface area contributed by atoms with E-state index in [-0.39, 0.29) is 11.2 Å². The summed E-state index contributed by atoms with van der Waals surface area (Å²) in [5, 5.41) is 12.7. The molecule has 5 aromatic rings. The van der Waals surface area contributed by atoms with Gasteiger partial charge < -0.3 is 0 Å². The van der Waals surface area contributed by atoms with Gasteiger partial charge in [0.15, 0.2) is 0 Å². The molecule has 10 heteroatoms. The van der Waals surface area contributed by atoms with Crippen LogP contribution in [-0.4, -0.2) is 29.1 Å². The van der Waals surface area contributed by atoms with Crippen molar-refractivity contribution in [1.82, 2.24) is 9.55 Å². The highest BCUT2D eigenvalue weighted by Crippen LogP contribution is 2.30. The lowest BCUT2D eigenvalue weighted by atomic mass is 10.0. The Balaban J connectivity index is 1.73. The average molecular weight is 487 g/mol. The summed E-state index contributed by atoms with van der Waals surface area (Å²) in [7, 11) is -3.38. The number of pyridine rings is 2. The van der Waals surface area contributed by atoms with Crippen molar-refractivity contribution in [2.24, 2.45) is 0 Å². The van der Waals surface area contributed by atoms with Crippen molar-refractivity contribution >= 4 is 43.2 Å². The van der Waals surface area contributed by atoms with Crippen LogP contribution in [-0.2, 0) is 10.0 Å². The van der Waals surface area contributed by atoms with Gasteiger partial charge in [-0.15, -0.1) is 0 Å². The fraction of sp³-hybridized carbons (Fsp3) is 0.0400. The number of hydrogen-bond acceptors (Lipinski definition) is 6. The zero-order valence-electron chi connectivity index (χ0n) is 18.4. The number of nitro benzene ring substituents is 1. The first-order valence-electron chi connectivity index (χ1n) is 10.5. The van der Waals surface area contributed by atoms with Crippen LogP contribution in [0.15, 0.2) is 89.9 Å². The first-order chi connectivity index (χ1) is 16.7. The summed E-state index contributed by atoms with van der Waals surface area (Å²) in [6, 6.07) is 21.6. The monoisotopic (exact) mass is 486 g/mol. The molecule has 2 aromatic heterocycles. The van der Waals surface area contributed by atoms with Gasteiger partial charge in [-0.05, 0) is 47.5 Å². The molecule has 0 amide bonds. The van der Waals surface area contributed by atoms with Crippen LogP contribution in [0.1, 0.15) is 0 Å². The van der Waals surface area contributed by atoms with Gasteiger partial charge in [0, 0.05) is 40.9 Å². The summed E-state index contributed by atoms with van der Waals surface area (Å²) in [5.74, 6) is 0. The van der Waals surface area contributed by atoms with E-state index in [0.717, 1.165) is 17.4 Å². The Morgan fingerprint density at radius 1 is 0.943 bits per heavy atom. The summed E-state index contributed by atoms with van der Waals surface area (Å²) >= 11 is 0. The third kappa shape index (κ3) is 4.34. The van der Waals surface area contributed by atoms with Gasteiger partial charge in [0.2, 0.25) is 10.0 Å². The number of nitrogens with zero attached hydrogens (tertiary/aromatic N) is 3. The highest BCUT2D eigenvalue weighted by Gasteiger charge is 2.14. The van der Waals surface area contributed by atoms with E-state index in [1.165, 1.54) is 22.8 Å². The second kappa shape index (κ2) is 8.33. The molecule has 5 rings (SSSR count). The second-order valence-electron chi connectivity index (χ2n) is 8.03. The zero-order valence-corrected chi connectivity index (χ0v) is 19.2. The van der Waals surface area contributed by atoms with Crippen molar-refractivity contribution in [3.63, 3.8) is 0 Å². The molecule has 0 aliphatic heterocycles. The maximum atomic E-state index is 13.0. The number of rotatable bonds is 5. The molecule has 2 heterocycles. The largest absolute Gasteiger partial charge is 0.284 e. The Morgan fingerprint density at radius 2 is 1.69 bits per heavy atom. The van der Waals surface area contributed by atoms with E-state index in [9.17, 15) is 23.3 Å². The molecular formula is C25H18N4O5S. The highest BCUT2D eigenvalue weighted by molar-refractivity contribution is 7.92. The predicted octanol–water partition coefficient (Wildman–Crippen LogP) is 4.49. The smallest absolute Gasteiger partial charge is 0.271 e. The van der Waals surface area contributed by atoms with Gasteiger partial charge in [-0.3, -0.25) is 29.2 Å². The molecule has 9 nitrogen and oxygen atoms in total. The summed E-state index contributed by atoms with van der Waals surface area (Å²) in [4.78, 5) is 28.3. The van der Waals surface area contributed by atoms with E-state index in [2.05, 4.69) is 9.71 Å². The minimum absolute atomic E-state index is 0.117. The fourth-order valence-electron chi connectivity index (χ4n) is 4.04. The molecule has 0 unspecified atom stereocenters. The van der Waals surface area contributed by atoms with E-state index in [1.807, 2.05) is 18.2 Å². The van der Waals surface area contributed by atoms with E-state index in [1.54, 1.807) is 48.7 Å². The molecule has 0 atom stereocenters. The molecule has 0 aliphatic carbocycles. The van der Waals surface area contributed by atoms with E-state index in [0.29, 0.717) is 33.2 Å². The first-order valence-corrected chi connectivity index (χ1v) is 12.4. The van der Waals surface area contributed by atoms with Gasteiger partial charge in [-0.2, -0.15) is 0 Å². The van der Waals surface area contributed by atoms with Gasteiger partial charge in [-0.25, -0.2) is 8.42 Å². The number of anilines is 1. The molecule has 0 bridgehead atoms. The molecule has 174 valence electrons. The molecule has 0 radical (unpaired) electrons. The normalized spacial score (nSPS) is 11.6. The maximum Gasteiger partial charge on any atom is 0.271 e. The van der Waals surface area contributed by atoms with E-state index in [4.69, 9.17) is 0 Å². The van der Waals surface area contributed by atoms with Gasteiger partial charge in [0.1, 0.15) is 0 Å². The minimum Gasteiger partial charge on any atom is -0.284 e. The predicted molar refractivity (Wildman–Crippen MR) is 135 cm³/mol. The van der Waals surface area contributed by atoms with Crippen LogP contribution in [0.25, 0.3) is 38.6 Å². The third-order valence-electron chi connectivity index (χ3n) is 5.54. The fourth-order valence-corrected chi connectivity index (χ4v) is 4.60. The van der Waals surface area contributed by atoms with Crippen LogP contribution in [0.2, 0.25) is 0 Å². The summed E-state index contributed by atoms with van der Waals surface area (Å²) in [5.41, 5.74) is 3.29. The Kier molecular flexibility index (Phi) is 5.29. The molecule has 0 fully saturated rings. The van der Waals surface area contributed by atoms with Gasteiger partial charge >= 0.3 is 0 Å². The summed E-state index contributed by atoms with van der Waals surface area (Å²) in [6.07, 6.45) is 2.75. The Hall–Kier alpha value is -4.57. The van der Waals surface area contributed by atoms with Crippen LogP contribution in [0.3, 0.4) is 0 Å². The number of fused-ring (bicyclic) bond motifs is 3. The van der Waals surface area contributed by atoms with Crippen LogP contribution < -0.4 is 10.3 Å². The molecule has 1 N–H and O–H groups in total. The van der Waals surface area contributed by atoms with Crippen molar-refractivity contribution in [2.75, 3.05) is 11.0 Å². The average Bonchev–Trinajstić information content (AvgIpc) is 2.83. The first kappa shape index (κ1) is 22.2. The number of nitrogens with one attached hydrogen (secondary N) is 1. The van der Waals surface area contributed by atoms with Crippen molar-refractivity contribution in [1.29, 1.82) is 0 Å². The van der Waals surface area contributed by atoms with Crippen LogP contribution >= 0.6 is 0 Å². The lowest BCUT2D eigenvalue weighted by Gasteiger charge is -2.13. The van der Waals surface area contributed by atoms with Gasteiger partial charge in [-0.1, -0.05) is 24.3 Å². The molecular weight excluding hydrogens is 468 g/mol. The standard InChI is InChI=1S/C25H18N4O5S/c1-35(33,34)27-19-9-5-16(6-10-19)17-7-11-23-22(13-17)25-18(15-26-23)8-12-24(30)28(25)20-3-2-4-21(14-20)29(31)32/h2-15,27H,1H3. The van der Waals surface area contributed by atoms with E-state index < -0.39 is 14.9 Å². The number of sulfonamides is 1. The van der Waals surface area contributed by atoms with Crippen LogP contribution in [0.4, 0.5) is 11.4 Å². The Morgan fingerprint density at radius 3 is 2.40 bits per heavy atom. The summed E-state index contributed by atoms with van der Waals surface area (Å²) in [6.45, 7) is 0. The highest BCUT2D eigenvalue weighted by atomic mass is 32.2. The van der Waals surface area contributed by atoms with Crippen molar-refractivity contribution in [3.8, 4) is 16.8 Å². The van der Waals surface area contributed by atoms with Crippen molar-refractivity contribution in [3.05, 3.63) is 106 Å². The Labute approximate surface area is 199 Å². The molecule has 0 aliphatic rings. The van der Waals surface area contributed by atoms with Crippen LogP contribution in [0.5, 0.6) is 0 Å². The zero-order chi connectivity index (χ0) is 24.7. The SMILES string of the molecule is CS(=O)(=O)Nc1ccc(-c2ccc3ncc4ccc(=O)n(-c5cccc([N+](=O)[O-])c5)c4c3c2)cc1. The number of benzene rings is 3. The van der Waals surface area contributed by atoms with Gasteiger partial charge in [0.25, 0.3) is 11.2 Å². The summed E-state index contributed by atoms with van der Waals surface area (Å²) < 4.78 is 26.8. The quantitative estimate of drug-likeness (QED) is 0.222. The number of aromatic nitrogens is 2. The number of hydrogen-bond donors (Lipinski definition) is 1. The van der Waals surface area contributed by atoms with E-state index >= 15 is 0 Å². The minimum atomic E-state index is -3.38. The van der Waals surface area contributed by atoms with Crippen molar-refractivity contribution in [2.45, 2.75) is 0 Å². The third-order valence-corrected chi connectivity index (χ3v) is 6.14. The maximum absolute atomic E-state index is 13.0. The topological polar surface area (TPSA) is 124 Å². The molecule has 0 saturated carbocycles. The molecule has 3 aromatic carbocycles. The second-order valence-corrected chi connectivity index (χ2v) is 9.78. The number of nitro groups is 1.